The van der Waals surface area contributed by atoms with E-state index in [-0.39, 0.29) is 18.6 Å². The van der Waals surface area contributed by atoms with E-state index in [4.69, 9.17) is 9.52 Å². The molecule has 0 saturated carbocycles. The van der Waals surface area contributed by atoms with Crippen LogP contribution in [0.15, 0.2) is 28.9 Å². The fourth-order valence-corrected chi connectivity index (χ4v) is 2.76. The van der Waals surface area contributed by atoms with Gasteiger partial charge in [-0.2, -0.15) is 5.10 Å². The van der Waals surface area contributed by atoms with Crippen molar-refractivity contribution in [2.45, 2.75) is 26.3 Å². The van der Waals surface area contributed by atoms with Gasteiger partial charge in [-0.15, -0.1) is 0 Å². The highest BCUT2D eigenvalue weighted by Crippen LogP contribution is 2.25. The number of hydrogen-bond donors (Lipinski definition) is 2. The highest BCUT2D eigenvalue weighted by Gasteiger charge is 2.31. The number of aromatic nitrogens is 2. The van der Waals surface area contributed by atoms with Crippen molar-refractivity contribution < 1.29 is 19.1 Å². The predicted octanol–water partition coefficient (Wildman–Crippen LogP) is 2.66. The maximum Gasteiger partial charge on any atom is 0.323 e. The molecule has 2 aromatic rings. The zero-order valence-electron chi connectivity index (χ0n) is 13.6. The Balaban J connectivity index is 1.77. The number of carboxylic acid groups (broad SMARTS) is 1. The summed E-state index contributed by atoms with van der Waals surface area (Å²) in [5, 5.41) is 16.3. The highest BCUT2D eigenvalue weighted by atomic mass is 16.4. The van der Waals surface area contributed by atoms with Crippen LogP contribution in [0.25, 0.3) is 11.5 Å². The molecule has 3 rings (SSSR count). The Morgan fingerprint density at radius 1 is 1.46 bits per heavy atom. The molecule has 1 atom stereocenters. The number of nitrogens with one attached hydrogen (secondary N) is 1. The number of hydrogen-bond acceptors (Lipinski definition) is 4. The van der Waals surface area contributed by atoms with Gasteiger partial charge in [-0.05, 0) is 32.4 Å². The van der Waals surface area contributed by atoms with Crippen molar-refractivity contribution in [3.8, 4) is 11.5 Å². The third-order valence-electron chi connectivity index (χ3n) is 4.06. The number of nitrogens with zero attached hydrogens (tertiary/aromatic N) is 3. The van der Waals surface area contributed by atoms with E-state index >= 15 is 0 Å². The second-order valence-corrected chi connectivity index (χ2v) is 6.13. The number of furan rings is 1. The standard InChI is InChI=1S/C16H20N4O4/c1-10(2)20-14(8-12(18-20)13-4-3-7-24-13)17-16(23)19-6-5-11(9-19)15(21)22/h3-4,7-8,10-11H,5-6,9H2,1-2H3,(H,17,23)(H,21,22). The Labute approximate surface area is 139 Å². The van der Waals surface area contributed by atoms with E-state index in [1.54, 1.807) is 29.1 Å². The highest BCUT2D eigenvalue weighted by molar-refractivity contribution is 5.89. The maximum absolute atomic E-state index is 12.4. The monoisotopic (exact) mass is 332 g/mol. The largest absolute Gasteiger partial charge is 0.481 e. The summed E-state index contributed by atoms with van der Waals surface area (Å²) in [6.45, 7) is 4.58. The lowest BCUT2D eigenvalue weighted by Gasteiger charge is -2.18. The Hall–Kier alpha value is -2.77. The molecule has 2 amide bonds. The number of carbonyl (C=O) groups excluding carboxylic acids is 1. The number of rotatable bonds is 4. The van der Waals surface area contributed by atoms with E-state index < -0.39 is 11.9 Å². The van der Waals surface area contributed by atoms with E-state index in [1.165, 1.54) is 4.90 Å². The molecule has 8 heteroatoms. The van der Waals surface area contributed by atoms with E-state index in [1.807, 2.05) is 13.8 Å². The van der Waals surface area contributed by atoms with Gasteiger partial charge in [0.1, 0.15) is 11.5 Å². The number of urea groups is 1. The van der Waals surface area contributed by atoms with Gasteiger partial charge in [0.05, 0.1) is 12.2 Å². The quantitative estimate of drug-likeness (QED) is 0.896. The number of likely N-dealkylation sites (tertiary alicyclic amines) is 1. The molecule has 24 heavy (non-hydrogen) atoms. The van der Waals surface area contributed by atoms with Gasteiger partial charge in [0.2, 0.25) is 0 Å². The lowest BCUT2D eigenvalue weighted by Crippen LogP contribution is -2.34. The third-order valence-corrected chi connectivity index (χ3v) is 4.06. The summed E-state index contributed by atoms with van der Waals surface area (Å²) in [7, 11) is 0. The Bertz CT molecular complexity index is 735. The zero-order valence-corrected chi connectivity index (χ0v) is 13.6. The van der Waals surface area contributed by atoms with Gasteiger partial charge in [-0.3, -0.25) is 10.1 Å². The van der Waals surface area contributed by atoms with Crippen LogP contribution in [0.3, 0.4) is 0 Å². The van der Waals surface area contributed by atoms with Crippen LogP contribution >= 0.6 is 0 Å². The van der Waals surface area contributed by atoms with Crippen molar-refractivity contribution >= 4 is 17.8 Å². The van der Waals surface area contributed by atoms with Gasteiger partial charge in [-0.1, -0.05) is 0 Å². The number of carbonyl (C=O) groups is 2. The minimum Gasteiger partial charge on any atom is -0.481 e. The molecular weight excluding hydrogens is 312 g/mol. The third kappa shape index (κ3) is 3.12. The molecule has 0 bridgehead atoms. The van der Waals surface area contributed by atoms with Crippen molar-refractivity contribution in [1.29, 1.82) is 0 Å². The van der Waals surface area contributed by atoms with Crippen molar-refractivity contribution in [3.05, 3.63) is 24.5 Å². The van der Waals surface area contributed by atoms with Crippen LogP contribution in [0, 0.1) is 5.92 Å². The molecule has 0 aromatic carbocycles. The Kier molecular flexibility index (Phi) is 4.28. The van der Waals surface area contributed by atoms with Gasteiger partial charge < -0.3 is 14.4 Å². The summed E-state index contributed by atoms with van der Waals surface area (Å²) < 4.78 is 7.06. The van der Waals surface area contributed by atoms with Crippen LogP contribution in [0.2, 0.25) is 0 Å². The molecule has 1 aliphatic heterocycles. The van der Waals surface area contributed by atoms with Crippen LogP contribution in [0.5, 0.6) is 0 Å². The van der Waals surface area contributed by atoms with E-state index in [0.717, 1.165) is 0 Å². The van der Waals surface area contributed by atoms with Crippen molar-refractivity contribution in [2.24, 2.45) is 5.92 Å². The first-order valence-electron chi connectivity index (χ1n) is 7.88. The average Bonchev–Trinajstić information content (AvgIpc) is 3.26. The topological polar surface area (TPSA) is 101 Å². The molecule has 1 unspecified atom stereocenters. The van der Waals surface area contributed by atoms with Crippen LogP contribution in [0.4, 0.5) is 10.6 Å². The zero-order chi connectivity index (χ0) is 17.3. The van der Waals surface area contributed by atoms with Gasteiger partial charge in [0, 0.05) is 25.2 Å². The first-order chi connectivity index (χ1) is 11.5. The maximum atomic E-state index is 12.4. The van der Waals surface area contributed by atoms with Crippen LogP contribution < -0.4 is 5.32 Å². The summed E-state index contributed by atoms with van der Waals surface area (Å²) in [6.07, 6.45) is 2.04. The lowest BCUT2D eigenvalue weighted by molar-refractivity contribution is -0.141. The van der Waals surface area contributed by atoms with Gasteiger partial charge in [-0.25, -0.2) is 9.48 Å². The minimum atomic E-state index is -0.863. The Morgan fingerprint density at radius 2 is 2.25 bits per heavy atom. The van der Waals surface area contributed by atoms with Crippen LogP contribution in [-0.4, -0.2) is 44.9 Å². The molecule has 1 saturated heterocycles. The summed E-state index contributed by atoms with van der Waals surface area (Å²) in [5.41, 5.74) is 0.633. The molecule has 2 aromatic heterocycles. The first kappa shape index (κ1) is 16.1. The predicted molar refractivity (Wildman–Crippen MR) is 86.6 cm³/mol. The summed E-state index contributed by atoms with van der Waals surface area (Å²) in [5.74, 6) is -0.181. The minimum absolute atomic E-state index is 0.0503. The number of amides is 2. The molecule has 0 aliphatic carbocycles. The number of carboxylic acids is 1. The summed E-state index contributed by atoms with van der Waals surface area (Å²) in [6, 6.07) is 5.07. The molecule has 1 aliphatic rings. The van der Waals surface area contributed by atoms with E-state index in [2.05, 4.69) is 10.4 Å². The molecular formula is C16H20N4O4. The molecule has 128 valence electrons. The average molecular weight is 332 g/mol. The smallest absolute Gasteiger partial charge is 0.323 e. The first-order valence-corrected chi connectivity index (χ1v) is 7.88. The second kappa shape index (κ2) is 6.38. The van der Waals surface area contributed by atoms with Crippen molar-refractivity contribution in [2.75, 3.05) is 18.4 Å². The molecule has 8 nitrogen and oxygen atoms in total. The molecule has 0 radical (unpaired) electrons. The van der Waals surface area contributed by atoms with Crippen LogP contribution in [0.1, 0.15) is 26.3 Å². The van der Waals surface area contributed by atoms with Gasteiger partial charge in [0.15, 0.2) is 5.76 Å². The molecule has 2 N–H and O–H groups in total. The van der Waals surface area contributed by atoms with Crippen molar-refractivity contribution in [1.82, 2.24) is 14.7 Å². The molecule has 3 heterocycles. The van der Waals surface area contributed by atoms with Crippen molar-refractivity contribution in [3.63, 3.8) is 0 Å². The normalized spacial score (nSPS) is 17.5. The molecule has 1 fully saturated rings. The summed E-state index contributed by atoms with van der Waals surface area (Å²) >= 11 is 0. The molecule has 0 spiro atoms. The van der Waals surface area contributed by atoms with Crippen LogP contribution in [-0.2, 0) is 4.79 Å². The lowest BCUT2D eigenvalue weighted by atomic mass is 10.1. The fourth-order valence-electron chi connectivity index (χ4n) is 2.76. The van der Waals surface area contributed by atoms with Gasteiger partial charge in [0.25, 0.3) is 0 Å². The van der Waals surface area contributed by atoms with E-state index in [9.17, 15) is 9.59 Å². The number of aliphatic carboxylic acids is 1. The number of anilines is 1. The Morgan fingerprint density at radius 3 is 2.83 bits per heavy atom. The second-order valence-electron chi connectivity index (χ2n) is 6.13. The SMILES string of the molecule is CC(C)n1nc(-c2ccco2)cc1NC(=O)N1CCC(C(=O)O)C1. The summed E-state index contributed by atoms with van der Waals surface area (Å²) in [4.78, 5) is 25.0. The van der Waals surface area contributed by atoms with E-state index in [0.29, 0.717) is 30.2 Å². The fraction of sp³-hybridized carbons (Fsp3) is 0.438. The van der Waals surface area contributed by atoms with Gasteiger partial charge >= 0.3 is 12.0 Å².